The van der Waals surface area contributed by atoms with E-state index in [4.69, 9.17) is 0 Å². The summed E-state index contributed by atoms with van der Waals surface area (Å²) in [5, 5.41) is 2.31. The van der Waals surface area contributed by atoms with Crippen LogP contribution in [0.3, 0.4) is 0 Å². The summed E-state index contributed by atoms with van der Waals surface area (Å²) in [6, 6.07) is 4.22. The summed E-state index contributed by atoms with van der Waals surface area (Å²) in [5.41, 5.74) is 0.0266. The number of hydrogen-bond donors (Lipinski definition) is 1. The van der Waals surface area contributed by atoms with Gasteiger partial charge in [-0.3, -0.25) is 4.79 Å². The highest BCUT2D eigenvalue weighted by atomic mass is 79.9. The number of carbonyl (C=O) groups excluding carboxylic acids is 2. The number of benzene rings is 1. The second kappa shape index (κ2) is 8.27. The summed E-state index contributed by atoms with van der Waals surface area (Å²) >= 11 is 3.11. The third kappa shape index (κ3) is 5.79. The lowest BCUT2D eigenvalue weighted by atomic mass is 10.3. The highest BCUT2D eigenvalue weighted by molar-refractivity contribution is 9.10. The van der Waals surface area contributed by atoms with Gasteiger partial charge in [0.05, 0.1) is 5.69 Å². The molecule has 0 aliphatic heterocycles. The molecule has 1 amide bonds. The lowest BCUT2D eigenvalue weighted by Crippen LogP contribution is -2.20. The highest BCUT2D eigenvalue weighted by Crippen LogP contribution is 2.19. The molecule has 20 heavy (non-hydrogen) atoms. The van der Waals surface area contributed by atoms with Crippen LogP contribution in [0.25, 0.3) is 0 Å². The van der Waals surface area contributed by atoms with E-state index in [0.717, 1.165) is 0 Å². The summed E-state index contributed by atoms with van der Waals surface area (Å²) in [7, 11) is 0. The van der Waals surface area contributed by atoms with Gasteiger partial charge in [-0.05, 0) is 25.1 Å². The average Bonchev–Trinajstić information content (AvgIpc) is 2.40. The Morgan fingerprint density at radius 3 is 2.80 bits per heavy atom. The normalized spacial score (nSPS) is 10.9. The van der Waals surface area contributed by atoms with Gasteiger partial charge in [0.1, 0.15) is 5.82 Å². The molecular formula is C14H13BrFNO3. The molecule has 0 saturated carbocycles. The zero-order chi connectivity index (χ0) is 15.0. The molecule has 1 rings (SSSR count). The van der Waals surface area contributed by atoms with Crippen LogP contribution in [-0.2, 0) is 14.3 Å². The van der Waals surface area contributed by atoms with E-state index >= 15 is 0 Å². The number of hydrogen-bond acceptors (Lipinski definition) is 3. The van der Waals surface area contributed by atoms with Gasteiger partial charge in [0.2, 0.25) is 0 Å². The monoisotopic (exact) mass is 341 g/mol. The van der Waals surface area contributed by atoms with Crippen LogP contribution in [0.5, 0.6) is 0 Å². The summed E-state index contributed by atoms with van der Waals surface area (Å²) in [6.07, 6.45) is 6.08. The van der Waals surface area contributed by atoms with Gasteiger partial charge in [-0.1, -0.05) is 34.2 Å². The van der Waals surface area contributed by atoms with E-state index in [1.807, 2.05) is 0 Å². The van der Waals surface area contributed by atoms with Crippen molar-refractivity contribution < 1.29 is 18.7 Å². The molecule has 1 aromatic rings. The summed E-state index contributed by atoms with van der Waals surface area (Å²) < 4.78 is 18.7. The molecule has 6 heteroatoms. The highest BCUT2D eigenvalue weighted by Gasteiger charge is 2.09. The fourth-order valence-corrected chi connectivity index (χ4v) is 1.54. The minimum Gasteiger partial charge on any atom is -0.452 e. The van der Waals surface area contributed by atoms with Gasteiger partial charge in [0.15, 0.2) is 6.61 Å². The topological polar surface area (TPSA) is 55.4 Å². The van der Waals surface area contributed by atoms with Gasteiger partial charge in [0, 0.05) is 10.5 Å². The maximum absolute atomic E-state index is 13.4. The van der Waals surface area contributed by atoms with Crippen LogP contribution < -0.4 is 5.32 Å². The zero-order valence-corrected chi connectivity index (χ0v) is 12.3. The number of allylic oxidation sites excluding steroid dienone is 3. The number of carbonyl (C=O) groups is 2. The number of anilines is 1. The second-order valence-electron chi connectivity index (χ2n) is 3.66. The smallest absolute Gasteiger partial charge is 0.331 e. The van der Waals surface area contributed by atoms with Crippen molar-refractivity contribution in [3.8, 4) is 0 Å². The van der Waals surface area contributed by atoms with Gasteiger partial charge in [0.25, 0.3) is 5.91 Å². The SMILES string of the molecule is C/C=C/C=C/C(=O)OCC(=O)Nc1ccc(Br)cc1F. The van der Waals surface area contributed by atoms with E-state index in [9.17, 15) is 14.0 Å². The first-order valence-electron chi connectivity index (χ1n) is 5.74. The molecule has 0 aliphatic carbocycles. The molecule has 0 unspecified atom stereocenters. The van der Waals surface area contributed by atoms with E-state index in [0.29, 0.717) is 4.47 Å². The zero-order valence-electron chi connectivity index (χ0n) is 10.7. The van der Waals surface area contributed by atoms with Crippen molar-refractivity contribution in [1.29, 1.82) is 0 Å². The molecule has 0 aliphatic rings. The molecule has 0 heterocycles. The van der Waals surface area contributed by atoms with Gasteiger partial charge >= 0.3 is 5.97 Å². The number of amides is 1. The van der Waals surface area contributed by atoms with Crippen molar-refractivity contribution in [2.75, 3.05) is 11.9 Å². The van der Waals surface area contributed by atoms with Gasteiger partial charge in [-0.15, -0.1) is 0 Å². The van der Waals surface area contributed by atoms with Crippen LogP contribution in [-0.4, -0.2) is 18.5 Å². The Kier molecular flexibility index (Phi) is 6.66. The van der Waals surface area contributed by atoms with E-state index in [1.54, 1.807) is 25.1 Å². The minimum atomic E-state index is -0.644. The van der Waals surface area contributed by atoms with Crippen molar-refractivity contribution in [2.45, 2.75) is 6.92 Å². The molecule has 0 aromatic heterocycles. The molecule has 1 N–H and O–H groups in total. The van der Waals surface area contributed by atoms with Crippen LogP contribution in [0.4, 0.5) is 10.1 Å². The summed E-state index contributed by atoms with van der Waals surface area (Å²) in [4.78, 5) is 22.7. The molecule has 0 fully saturated rings. The molecule has 0 radical (unpaired) electrons. The van der Waals surface area contributed by atoms with Crippen LogP contribution in [0.15, 0.2) is 47.0 Å². The van der Waals surface area contributed by atoms with Crippen LogP contribution in [0.2, 0.25) is 0 Å². The predicted molar refractivity (Wildman–Crippen MR) is 77.6 cm³/mol. The number of ether oxygens (including phenoxy) is 1. The lowest BCUT2D eigenvalue weighted by Gasteiger charge is -2.06. The molecule has 1 aromatic carbocycles. The number of rotatable bonds is 5. The predicted octanol–water partition coefficient (Wildman–Crippen LogP) is 3.20. The Balaban J connectivity index is 2.46. The maximum Gasteiger partial charge on any atom is 0.331 e. The van der Waals surface area contributed by atoms with E-state index in [2.05, 4.69) is 26.0 Å². The summed E-state index contributed by atoms with van der Waals surface area (Å²) in [6.45, 7) is 1.32. The number of halogens is 2. The molecule has 0 saturated heterocycles. The Bertz CT molecular complexity index is 555. The van der Waals surface area contributed by atoms with E-state index < -0.39 is 24.3 Å². The molecule has 0 spiro atoms. The second-order valence-corrected chi connectivity index (χ2v) is 4.58. The van der Waals surface area contributed by atoms with E-state index in [1.165, 1.54) is 24.3 Å². The standard InChI is InChI=1S/C14H13BrFNO3/c1-2-3-4-5-14(19)20-9-13(18)17-12-7-6-10(15)8-11(12)16/h2-8H,9H2,1H3,(H,17,18)/b3-2+,5-4+. The fraction of sp³-hybridized carbons (Fsp3) is 0.143. The third-order valence-corrected chi connectivity index (χ3v) is 2.58. The van der Waals surface area contributed by atoms with Crippen LogP contribution in [0.1, 0.15) is 6.92 Å². The van der Waals surface area contributed by atoms with Crippen molar-refractivity contribution in [1.82, 2.24) is 0 Å². The number of esters is 1. The third-order valence-electron chi connectivity index (χ3n) is 2.09. The Morgan fingerprint density at radius 2 is 2.15 bits per heavy atom. The average molecular weight is 342 g/mol. The molecular weight excluding hydrogens is 329 g/mol. The summed E-state index contributed by atoms with van der Waals surface area (Å²) in [5.74, 6) is -1.83. The first-order valence-corrected chi connectivity index (χ1v) is 6.53. The largest absolute Gasteiger partial charge is 0.452 e. The van der Waals surface area contributed by atoms with E-state index in [-0.39, 0.29) is 5.69 Å². The quantitative estimate of drug-likeness (QED) is 0.508. The molecule has 0 bridgehead atoms. The Labute approximate surface area is 124 Å². The van der Waals surface area contributed by atoms with Crippen molar-refractivity contribution >= 4 is 33.5 Å². The minimum absolute atomic E-state index is 0.0266. The number of nitrogens with one attached hydrogen (secondary N) is 1. The maximum atomic E-state index is 13.4. The van der Waals surface area contributed by atoms with Crippen molar-refractivity contribution in [3.63, 3.8) is 0 Å². The Morgan fingerprint density at radius 1 is 1.40 bits per heavy atom. The Hall–Kier alpha value is -1.95. The first kappa shape index (κ1) is 16.1. The lowest BCUT2D eigenvalue weighted by molar-refractivity contribution is -0.142. The van der Waals surface area contributed by atoms with Crippen LogP contribution in [0, 0.1) is 5.82 Å². The van der Waals surface area contributed by atoms with Crippen LogP contribution >= 0.6 is 15.9 Å². The van der Waals surface area contributed by atoms with Gasteiger partial charge < -0.3 is 10.1 Å². The van der Waals surface area contributed by atoms with Gasteiger partial charge in [-0.25, -0.2) is 9.18 Å². The fourth-order valence-electron chi connectivity index (χ4n) is 1.21. The van der Waals surface area contributed by atoms with Crippen molar-refractivity contribution in [2.24, 2.45) is 0 Å². The van der Waals surface area contributed by atoms with Gasteiger partial charge in [-0.2, -0.15) is 0 Å². The molecule has 4 nitrogen and oxygen atoms in total. The first-order chi connectivity index (χ1) is 9.52. The molecule has 106 valence electrons. The molecule has 0 atom stereocenters. The van der Waals surface area contributed by atoms with Crippen molar-refractivity contribution in [3.05, 3.63) is 52.8 Å².